The molecule has 0 saturated carbocycles. The van der Waals surface area contributed by atoms with Crippen molar-refractivity contribution in [1.29, 1.82) is 0 Å². The number of hydrogen-bond acceptors (Lipinski definition) is 5. The van der Waals surface area contributed by atoms with E-state index < -0.39 is 6.04 Å². The number of anilines is 1. The van der Waals surface area contributed by atoms with Gasteiger partial charge >= 0.3 is 0 Å². The highest BCUT2D eigenvalue weighted by Gasteiger charge is 2.19. The zero-order chi connectivity index (χ0) is 17.6. The minimum atomic E-state index is -0.572. The van der Waals surface area contributed by atoms with Crippen LogP contribution in [-0.4, -0.2) is 34.9 Å². The Balaban J connectivity index is 0.00000182. The van der Waals surface area contributed by atoms with E-state index >= 15 is 0 Å². The Hall–Kier alpha value is -1.18. The number of nitrogens with zero attached hydrogens (tertiary/aromatic N) is 2. The van der Waals surface area contributed by atoms with Crippen LogP contribution in [0.3, 0.4) is 0 Å². The standard InChI is InChI=1S/C19H26N4OS.2ClH/c1-14-6-5-9-23(11-14)12-16-13-25-19(21-16)22-18(24)17(20)10-15-7-3-2-4-8-15;;/h2-4,7-8,13-14,17H,5-6,9-12,20H2,1H3,(H,21,22,24);2*1H. The average Bonchev–Trinajstić information content (AvgIpc) is 3.02. The van der Waals surface area contributed by atoms with Crippen molar-refractivity contribution in [2.24, 2.45) is 11.7 Å². The molecule has 2 atom stereocenters. The number of carbonyl (C=O) groups excluding carboxylic acids is 1. The monoisotopic (exact) mass is 430 g/mol. The van der Waals surface area contributed by atoms with Crippen LogP contribution in [0.5, 0.6) is 0 Å². The number of amides is 1. The Morgan fingerprint density at radius 3 is 2.81 bits per heavy atom. The Labute approximate surface area is 177 Å². The van der Waals surface area contributed by atoms with Gasteiger partial charge in [0.1, 0.15) is 0 Å². The molecule has 2 aromatic rings. The van der Waals surface area contributed by atoms with E-state index in [1.165, 1.54) is 24.2 Å². The molecule has 0 radical (unpaired) electrons. The first kappa shape index (κ1) is 23.9. The lowest BCUT2D eigenvalue weighted by molar-refractivity contribution is -0.117. The molecular formula is C19H28Cl2N4OS. The van der Waals surface area contributed by atoms with E-state index in [0.717, 1.165) is 36.8 Å². The summed E-state index contributed by atoms with van der Waals surface area (Å²) in [6.07, 6.45) is 3.09. The molecule has 3 N–H and O–H groups in total. The first-order valence-electron chi connectivity index (χ1n) is 8.87. The zero-order valence-corrected chi connectivity index (χ0v) is 17.9. The second-order valence-corrected chi connectivity index (χ2v) is 7.77. The Kier molecular flexibility index (Phi) is 10.3. The summed E-state index contributed by atoms with van der Waals surface area (Å²) >= 11 is 1.47. The van der Waals surface area contributed by atoms with E-state index in [2.05, 4.69) is 22.1 Å². The molecule has 1 saturated heterocycles. The van der Waals surface area contributed by atoms with Crippen molar-refractivity contribution in [3.8, 4) is 0 Å². The summed E-state index contributed by atoms with van der Waals surface area (Å²) in [6.45, 7) is 5.41. The van der Waals surface area contributed by atoms with Gasteiger partial charge in [-0.15, -0.1) is 36.2 Å². The van der Waals surface area contributed by atoms with Crippen molar-refractivity contribution in [3.63, 3.8) is 0 Å². The molecule has 1 amide bonds. The molecule has 150 valence electrons. The highest BCUT2D eigenvalue weighted by atomic mass is 35.5. The Morgan fingerprint density at radius 2 is 2.11 bits per heavy atom. The predicted molar refractivity (Wildman–Crippen MR) is 117 cm³/mol. The van der Waals surface area contributed by atoms with Gasteiger partial charge in [-0.3, -0.25) is 9.69 Å². The van der Waals surface area contributed by atoms with Crippen LogP contribution in [0, 0.1) is 5.92 Å². The Bertz CT molecular complexity index is 698. The van der Waals surface area contributed by atoms with Crippen LogP contribution in [0.25, 0.3) is 0 Å². The summed E-state index contributed by atoms with van der Waals surface area (Å²) in [4.78, 5) is 19.3. The summed E-state index contributed by atoms with van der Waals surface area (Å²) in [5.41, 5.74) is 8.10. The van der Waals surface area contributed by atoms with Crippen molar-refractivity contribution in [2.75, 3.05) is 18.4 Å². The van der Waals surface area contributed by atoms with E-state index in [1.54, 1.807) is 0 Å². The van der Waals surface area contributed by atoms with E-state index in [1.807, 2.05) is 35.7 Å². The maximum atomic E-state index is 12.3. The first-order valence-corrected chi connectivity index (χ1v) is 9.75. The van der Waals surface area contributed by atoms with Crippen molar-refractivity contribution >= 4 is 47.2 Å². The number of carbonyl (C=O) groups is 1. The number of piperidine rings is 1. The van der Waals surface area contributed by atoms with Crippen molar-refractivity contribution in [2.45, 2.75) is 38.8 Å². The smallest absolute Gasteiger partial charge is 0.243 e. The first-order chi connectivity index (χ1) is 12.1. The second-order valence-electron chi connectivity index (χ2n) is 6.91. The van der Waals surface area contributed by atoms with Crippen LogP contribution in [0.1, 0.15) is 31.0 Å². The van der Waals surface area contributed by atoms with Gasteiger partial charge in [0.05, 0.1) is 11.7 Å². The van der Waals surface area contributed by atoms with Gasteiger partial charge in [0.15, 0.2) is 5.13 Å². The summed E-state index contributed by atoms with van der Waals surface area (Å²) in [5, 5.41) is 5.51. The van der Waals surface area contributed by atoms with Crippen LogP contribution in [0.2, 0.25) is 0 Å². The molecule has 1 aromatic carbocycles. The van der Waals surface area contributed by atoms with E-state index in [-0.39, 0.29) is 30.7 Å². The van der Waals surface area contributed by atoms with Gasteiger partial charge in [0.2, 0.25) is 5.91 Å². The van der Waals surface area contributed by atoms with Gasteiger partial charge in [-0.2, -0.15) is 0 Å². The number of thiazole rings is 1. The SMILES string of the molecule is CC1CCCN(Cc2csc(NC(=O)C(N)Cc3ccccc3)n2)C1.Cl.Cl. The zero-order valence-electron chi connectivity index (χ0n) is 15.5. The normalized spacial score (nSPS) is 18.1. The minimum absolute atomic E-state index is 0. The molecule has 1 fully saturated rings. The van der Waals surface area contributed by atoms with Crippen LogP contribution < -0.4 is 11.1 Å². The molecule has 2 heterocycles. The molecule has 27 heavy (non-hydrogen) atoms. The summed E-state index contributed by atoms with van der Waals surface area (Å²) in [6, 6.07) is 9.25. The van der Waals surface area contributed by atoms with Crippen molar-refractivity contribution < 1.29 is 4.79 Å². The molecule has 8 heteroatoms. The summed E-state index contributed by atoms with van der Waals surface area (Å²) in [5.74, 6) is 0.568. The summed E-state index contributed by atoms with van der Waals surface area (Å²) < 4.78 is 0. The molecular weight excluding hydrogens is 403 g/mol. The molecule has 1 aliphatic heterocycles. The van der Waals surface area contributed by atoms with Crippen LogP contribution in [0.15, 0.2) is 35.7 Å². The highest BCUT2D eigenvalue weighted by molar-refractivity contribution is 7.13. The number of benzene rings is 1. The molecule has 5 nitrogen and oxygen atoms in total. The fourth-order valence-electron chi connectivity index (χ4n) is 3.26. The fraction of sp³-hybridized carbons (Fsp3) is 0.474. The molecule has 0 aliphatic carbocycles. The third-order valence-electron chi connectivity index (χ3n) is 4.54. The van der Waals surface area contributed by atoms with E-state index in [9.17, 15) is 4.79 Å². The summed E-state index contributed by atoms with van der Waals surface area (Å²) in [7, 11) is 0. The largest absolute Gasteiger partial charge is 0.320 e. The number of nitrogens with two attached hydrogens (primary N) is 1. The van der Waals surface area contributed by atoms with E-state index in [0.29, 0.717) is 11.6 Å². The average molecular weight is 431 g/mol. The lowest BCUT2D eigenvalue weighted by atomic mass is 10.0. The van der Waals surface area contributed by atoms with Gasteiger partial charge < -0.3 is 11.1 Å². The number of halogens is 2. The number of hydrogen-bond donors (Lipinski definition) is 2. The van der Waals surface area contributed by atoms with Crippen molar-refractivity contribution in [3.05, 3.63) is 47.0 Å². The maximum Gasteiger partial charge on any atom is 0.243 e. The van der Waals surface area contributed by atoms with Gasteiger partial charge in [-0.1, -0.05) is 37.3 Å². The highest BCUT2D eigenvalue weighted by Crippen LogP contribution is 2.21. The van der Waals surface area contributed by atoms with Gasteiger partial charge in [-0.05, 0) is 37.3 Å². The Morgan fingerprint density at radius 1 is 1.37 bits per heavy atom. The van der Waals surface area contributed by atoms with Gasteiger partial charge in [0, 0.05) is 18.5 Å². The third kappa shape index (κ3) is 7.39. The fourth-order valence-corrected chi connectivity index (χ4v) is 3.96. The minimum Gasteiger partial charge on any atom is -0.320 e. The molecule has 0 spiro atoms. The second kappa shape index (κ2) is 11.6. The quantitative estimate of drug-likeness (QED) is 0.731. The molecule has 3 rings (SSSR count). The van der Waals surface area contributed by atoms with Gasteiger partial charge in [0.25, 0.3) is 0 Å². The van der Waals surface area contributed by atoms with Crippen LogP contribution in [-0.2, 0) is 17.8 Å². The lowest BCUT2D eigenvalue weighted by Crippen LogP contribution is -2.37. The third-order valence-corrected chi connectivity index (χ3v) is 5.35. The number of nitrogens with one attached hydrogen (secondary N) is 1. The molecule has 1 aromatic heterocycles. The predicted octanol–water partition coefficient (Wildman–Crippen LogP) is 3.73. The van der Waals surface area contributed by atoms with Crippen LogP contribution in [0.4, 0.5) is 5.13 Å². The maximum absolute atomic E-state index is 12.3. The topological polar surface area (TPSA) is 71.2 Å². The molecule has 1 aliphatic rings. The number of likely N-dealkylation sites (tertiary alicyclic amines) is 1. The molecule has 0 bridgehead atoms. The number of rotatable bonds is 6. The van der Waals surface area contributed by atoms with Gasteiger partial charge in [-0.25, -0.2) is 4.98 Å². The number of aromatic nitrogens is 1. The van der Waals surface area contributed by atoms with E-state index in [4.69, 9.17) is 5.73 Å². The lowest BCUT2D eigenvalue weighted by Gasteiger charge is -2.30. The molecule has 2 unspecified atom stereocenters. The van der Waals surface area contributed by atoms with Crippen molar-refractivity contribution in [1.82, 2.24) is 9.88 Å². The van der Waals surface area contributed by atoms with Crippen LogP contribution >= 0.6 is 36.2 Å².